The van der Waals surface area contributed by atoms with Crippen molar-refractivity contribution in [3.8, 4) is 5.88 Å². The summed E-state index contributed by atoms with van der Waals surface area (Å²) in [5.41, 5.74) is -0.196. The van der Waals surface area contributed by atoms with Crippen LogP contribution in [-0.2, 0) is 16.0 Å². The Kier molecular flexibility index (Phi) is 7.97. The van der Waals surface area contributed by atoms with Crippen molar-refractivity contribution in [2.75, 3.05) is 32.1 Å². The minimum absolute atomic E-state index is 0.0300. The third kappa shape index (κ3) is 5.34. The summed E-state index contributed by atoms with van der Waals surface area (Å²) >= 11 is 1.10. The Morgan fingerprint density at radius 1 is 1.36 bits per heavy atom. The molecule has 0 aromatic carbocycles. The van der Waals surface area contributed by atoms with Crippen LogP contribution in [0.5, 0.6) is 5.88 Å². The van der Waals surface area contributed by atoms with Gasteiger partial charge in [-0.15, -0.1) is 0 Å². The van der Waals surface area contributed by atoms with E-state index in [9.17, 15) is 14.7 Å². The van der Waals surface area contributed by atoms with Gasteiger partial charge in [-0.2, -0.15) is 4.98 Å². The van der Waals surface area contributed by atoms with Crippen LogP contribution in [0, 0.1) is 0 Å². The van der Waals surface area contributed by atoms with E-state index in [2.05, 4.69) is 9.97 Å². The SMILES string of the molecule is CCOCCc1c(O)nc(SCC(=O)N(CC)CC)[nH]c1=O. The second-order valence-corrected chi connectivity index (χ2v) is 5.44. The lowest BCUT2D eigenvalue weighted by Crippen LogP contribution is -2.32. The number of nitrogens with one attached hydrogen (secondary N) is 1. The molecule has 0 saturated heterocycles. The number of hydrogen-bond acceptors (Lipinski definition) is 6. The monoisotopic (exact) mass is 329 g/mol. The quantitative estimate of drug-likeness (QED) is 0.399. The molecular formula is C14H23N3O4S. The molecule has 7 nitrogen and oxygen atoms in total. The number of aromatic nitrogens is 2. The van der Waals surface area contributed by atoms with E-state index in [1.54, 1.807) is 4.90 Å². The third-order valence-corrected chi connectivity index (χ3v) is 3.98. The van der Waals surface area contributed by atoms with E-state index in [0.717, 1.165) is 11.8 Å². The van der Waals surface area contributed by atoms with Crippen molar-refractivity contribution in [2.45, 2.75) is 32.3 Å². The summed E-state index contributed by atoms with van der Waals surface area (Å²) in [5.74, 6) is -0.165. The van der Waals surface area contributed by atoms with E-state index in [-0.39, 0.29) is 28.3 Å². The average Bonchev–Trinajstić information content (AvgIpc) is 2.49. The predicted molar refractivity (Wildman–Crippen MR) is 85.4 cm³/mol. The van der Waals surface area contributed by atoms with Gasteiger partial charge in [0.15, 0.2) is 5.16 Å². The van der Waals surface area contributed by atoms with Crippen LogP contribution in [0.4, 0.5) is 0 Å². The molecular weight excluding hydrogens is 306 g/mol. The fourth-order valence-corrected chi connectivity index (χ4v) is 2.63. The Morgan fingerprint density at radius 3 is 2.59 bits per heavy atom. The fourth-order valence-electron chi connectivity index (χ4n) is 1.88. The van der Waals surface area contributed by atoms with E-state index in [1.807, 2.05) is 20.8 Å². The highest BCUT2D eigenvalue weighted by atomic mass is 32.2. The van der Waals surface area contributed by atoms with E-state index in [4.69, 9.17) is 4.74 Å². The van der Waals surface area contributed by atoms with Gasteiger partial charge in [0.1, 0.15) is 0 Å². The zero-order chi connectivity index (χ0) is 16.5. The van der Waals surface area contributed by atoms with Crippen LogP contribution in [0.2, 0.25) is 0 Å². The molecule has 2 N–H and O–H groups in total. The molecule has 0 radical (unpaired) electrons. The molecule has 0 saturated carbocycles. The second-order valence-electron chi connectivity index (χ2n) is 4.47. The number of rotatable bonds is 9. The first-order chi connectivity index (χ1) is 10.5. The van der Waals surface area contributed by atoms with Gasteiger partial charge in [0, 0.05) is 26.1 Å². The number of hydrogen-bond donors (Lipinski definition) is 2. The van der Waals surface area contributed by atoms with Gasteiger partial charge in [-0.25, -0.2) is 0 Å². The van der Waals surface area contributed by atoms with E-state index in [0.29, 0.717) is 32.7 Å². The minimum atomic E-state index is -0.398. The van der Waals surface area contributed by atoms with Crippen LogP contribution in [0.15, 0.2) is 9.95 Å². The highest BCUT2D eigenvalue weighted by Crippen LogP contribution is 2.17. The summed E-state index contributed by atoms with van der Waals surface area (Å²) in [6, 6.07) is 0. The Hall–Kier alpha value is -1.54. The fraction of sp³-hybridized carbons (Fsp3) is 0.643. The maximum atomic E-state index is 11.9. The van der Waals surface area contributed by atoms with E-state index >= 15 is 0 Å². The van der Waals surface area contributed by atoms with Crippen molar-refractivity contribution in [2.24, 2.45) is 0 Å². The highest BCUT2D eigenvalue weighted by Gasteiger charge is 2.14. The predicted octanol–water partition coefficient (Wildman–Crippen LogP) is 1.01. The average molecular weight is 329 g/mol. The van der Waals surface area contributed by atoms with Crippen molar-refractivity contribution in [1.82, 2.24) is 14.9 Å². The Balaban J connectivity index is 2.70. The Labute approximate surface area is 134 Å². The molecule has 22 heavy (non-hydrogen) atoms. The maximum Gasteiger partial charge on any atom is 0.258 e. The van der Waals surface area contributed by atoms with Crippen LogP contribution in [0.25, 0.3) is 0 Å². The zero-order valence-corrected chi connectivity index (χ0v) is 14.0. The molecule has 0 spiro atoms. The number of amides is 1. The molecule has 0 aliphatic heterocycles. The smallest absolute Gasteiger partial charge is 0.258 e. The Morgan fingerprint density at radius 2 is 2.05 bits per heavy atom. The van der Waals surface area contributed by atoms with Crippen molar-refractivity contribution in [3.63, 3.8) is 0 Å². The molecule has 1 aromatic rings. The van der Waals surface area contributed by atoms with Gasteiger partial charge in [-0.05, 0) is 20.8 Å². The maximum absolute atomic E-state index is 11.9. The summed E-state index contributed by atoms with van der Waals surface area (Å²) < 4.78 is 5.16. The number of carbonyl (C=O) groups excluding carboxylic acids is 1. The van der Waals surface area contributed by atoms with Gasteiger partial charge in [-0.3, -0.25) is 9.59 Å². The number of aromatic amines is 1. The molecule has 0 fully saturated rings. The number of H-pyrrole nitrogens is 1. The number of nitrogens with zero attached hydrogens (tertiary/aromatic N) is 2. The van der Waals surface area contributed by atoms with Gasteiger partial charge >= 0.3 is 0 Å². The molecule has 8 heteroatoms. The van der Waals surface area contributed by atoms with Crippen LogP contribution in [-0.4, -0.2) is 57.9 Å². The molecule has 124 valence electrons. The van der Waals surface area contributed by atoms with Crippen molar-refractivity contribution < 1.29 is 14.6 Å². The standard InChI is InChI=1S/C14H23N3O4S/c1-4-17(5-2)11(18)9-22-14-15-12(19)10(13(20)16-14)7-8-21-6-3/h4-9H2,1-3H3,(H2,15,16,19,20). The van der Waals surface area contributed by atoms with Crippen molar-refractivity contribution in [1.29, 1.82) is 0 Å². The molecule has 0 aliphatic carbocycles. The number of ether oxygens (including phenoxy) is 1. The second kappa shape index (κ2) is 9.47. The summed E-state index contributed by atoms with van der Waals surface area (Å²) in [7, 11) is 0. The van der Waals surface area contributed by atoms with Gasteiger partial charge in [0.05, 0.1) is 17.9 Å². The normalized spacial score (nSPS) is 10.7. The van der Waals surface area contributed by atoms with Crippen LogP contribution >= 0.6 is 11.8 Å². The first kappa shape index (κ1) is 18.5. The van der Waals surface area contributed by atoms with E-state index < -0.39 is 5.56 Å². The molecule has 0 aliphatic rings. The lowest BCUT2D eigenvalue weighted by molar-refractivity contribution is -0.127. The first-order valence-electron chi connectivity index (χ1n) is 7.33. The van der Waals surface area contributed by atoms with Crippen LogP contribution < -0.4 is 5.56 Å². The van der Waals surface area contributed by atoms with Crippen LogP contribution in [0.3, 0.4) is 0 Å². The molecule has 0 atom stereocenters. The topological polar surface area (TPSA) is 95.5 Å². The number of carbonyl (C=O) groups is 1. The molecule has 1 rings (SSSR count). The molecule has 0 bridgehead atoms. The van der Waals surface area contributed by atoms with Crippen LogP contribution in [0.1, 0.15) is 26.3 Å². The number of aromatic hydroxyl groups is 1. The lowest BCUT2D eigenvalue weighted by Gasteiger charge is -2.17. The molecule has 1 amide bonds. The largest absolute Gasteiger partial charge is 0.493 e. The minimum Gasteiger partial charge on any atom is -0.493 e. The third-order valence-electron chi connectivity index (χ3n) is 3.12. The lowest BCUT2D eigenvalue weighted by atomic mass is 10.2. The highest BCUT2D eigenvalue weighted by molar-refractivity contribution is 7.99. The summed E-state index contributed by atoms with van der Waals surface area (Å²) in [4.78, 5) is 32.0. The summed E-state index contributed by atoms with van der Waals surface area (Å²) in [6.07, 6.45) is 0.297. The van der Waals surface area contributed by atoms with Gasteiger partial charge < -0.3 is 19.7 Å². The van der Waals surface area contributed by atoms with Crippen molar-refractivity contribution in [3.05, 3.63) is 15.9 Å². The number of thioether (sulfide) groups is 1. The van der Waals surface area contributed by atoms with Crippen molar-refractivity contribution >= 4 is 17.7 Å². The first-order valence-corrected chi connectivity index (χ1v) is 8.32. The molecule has 1 aromatic heterocycles. The van der Waals surface area contributed by atoms with E-state index in [1.165, 1.54) is 0 Å². The molecule has 1 heterocycles. The Bertz CT molecular complexity index is 543. The summed E-state index contributed by atoms with van der Waals surface area (Å²) in [5, 5.41) is 10.1. The summed E-state index contributed by atoms with van der Waals surface area (Å²) in [6.45, 7) is 7.85. The van der Waals surface area contributed by atoms with Gasteiger partial charge in [0.25, 0.3) is 5.56 Å². The molecule has 0 unspecified atom stereocenters. The van der Waals surface area contributed by atoms with Gasteiger partial charge in [-0.1, -0.05) is 11.8 Å². The van der Waals surface area contributed by atoms with Gasteiger partial charge in [0.2, 0.25) is 11.8 Å². The zero-order valence-electron chi connectivity index (χ0n) is 13.2.